The van der Waals surface area contributed by atoms with Crippen LogP contribution >= 0.6 is 11.6 Å². The van der Waals surface area contributed by atoms with Crippen LogP contribution in [-0.2, 0) is 29.0 Å². The van der Waals surface area contributed by atoms with Crippen LogP contribution in [0.2, 0.25) is 5.02 Å². The fraction of sp³-hybridized carbons (Fsp3) is 0.320. The van der Waals surface area contributed by atoms with Gasteiger partial charge in [0.25, 0.3) is 0 Å². The highest BCUT2D eigenvalue weighted by Crippen LogP contribution is 2.31. The van der Waals surface area contributed by atoms with Gasteiger partial charge in [-0.2, -0.15) is 5.26 Å². The maximum atomic E-state index is 13.3. The number of carbonyl (C=O) groups excluding carboxylic acids is 2. The second-order valence-electron chi connectivity index (χ2n) is 8.05. The number of hydrogen-bond acceptors (Lipinski definition) is 4. The molecule has 0 radical (unpaired) electrons. The van der Waals surface area contributed by atoms with Crippen LogP contribution < -0.4 is 10.2 Å². The van der Waals surface area contributed by atoms with Crippen LogP contribution in [0.3, 0.4) is 0 Å². The molecule has 1 aliphatic heterocycles. The van der Waals surface area contributed by atoms with Gasteiger partial charge in [-0.25, -0.2) is 4.79 Å². The lowest BCUT2D eigenvalue weighted by Gasteiger charge is -2.24. The van der Waals surface area contributed by atoms with Crippen LogP contribution in [0.4, 0.5) is 10.5 Å². The van der Waals surface area contributed by atoms with Crippen molar-refractivity contribution in [3.05, 3.63) is 64.8 Å². The lowest BCUT2D eigenvalue weighted by molar-refractivity contribution is -0.120. The number of alkyl carbamates (subject to hydrolysis) is 1. The average molecular weight is 465 g/mol. The molecule has 3 aromatic rings. The van der Waals surface area contributed by atoms with E-state index in [1.165, 1.54) is 7.05 Å². The fourth-order valence-corrected chi connectivity index (χ4v) is 4.52. The van der Waals surface area contributed by atoms with Gasteiger partial charge in [-0.3, -0.25) is 4.79 Å². The summed E-state index contributed by atoms with van der Waals surface area (Å²) in [5, 5.41) is 13.1. The van der Waals surface area contributed by atoms with Crippen LogP contribution in [0, 0.1) is 11.3 Å². The lowest BCUT2D eigenvalue weighted by Crippen LogP contribution is -2.34. The Bertz CT molecular complexity index is 1230. The standard InChI is InChI=1S/C25H25ClN4O3/c1-28-25(32)33-21-14-17-6-2-3-7-22(17)30(24(31)15-21)16-20-13-18-12-19(26)8-9-23(18)29(20)11-5-4-10-27/h2-3,6-9,12-13,21H,4-5,11,14-16H2,1H3,(H,28,32). The molecule has 2 amide bonds. The molecule has 0 spiro atoms. The van der Waals surface area contributed by atoms with Gasteiger partial charge in [0.15, 0.2) is 0 Å². The monoisotopic (exact) mass is 464 g/mol. The maximum absolute atomic E-state index is 13.3. The number of nitriles is 1. The zero-order valence-electron chi connectivity index (χ0n) is 18.4. The second-order valence-corrected chi connectivity index (χ2v) is 8.48. The van der Waals surface area contributed by atoms with E-state index in [0.29, 0.717) is 37.4 Å². The molecule has 2 heterocycles. The molecule has 0 aliphatic carbocycles. The minimum Gasteiger partial charge on any atom is -0.445 e. The summed E-state index contributed by atoms with van der Waals surface area (Å²) in [5.41, 5.74) is 3.74. The minimum absolute atomic E-state index is 0.0998. The van der Waals surface area contributed by atoms with Crippen molar-refractivity contribution in [2.45, 2.75) is 44.9 Å². The van der Waals surface area contributed by atoms with Crippen LogP contribution in [0.5, 0.6) is 0 Å². The number of anilines is 1. The summed E-state index contributed by atoms with van der Waals surface area (Å²) >= 11 is 6.22. The number of rotatable bonds is 6. The third-order valence-electron chi connectivity index (χ3n) is 5.85. The quantitative estimate of drug-likeness (QED) is 0.530. The molecule has 0 fully saturated rings. The smallest absolute Gasteiger partial charge is 0.407 e. The highest BCUT2D eigenvalue weighted by Gasteiger charge is 2.30. The van der Waals surface area contributed by atoms with Gasteiger partial charge < -0.3 is 19.5 Å². The van der Waals surface area contributed by atoms with Gasteiger partial charge in [-0.05, 0) is 42.3 Å². The van der Waals surface area contributed by atoms with Gasteiger partial charge in [0.1, 0.15) is 6.10 Å². The van der Waals surface area contributed by atoms with Crippen molar-refractivity contribution in [1.29, 1.82) is 5.26 Å². The van der Waals surface area contributed by atoms with E-state index in [1.54, 1.807) is 4.90 Å². The molecule has 1 unspecified atom stereocenters. The Kier molecular flexibility index (Phi) is 6.85. The molecular formula is C25H25ClN4O3. The number of halogens is 1. The topological polar surface area (TPSA) is 87.4 Å². The van der Waals surface area contributed by atoms with Gasteiger partial charge >= 0.3 is 6.09 Å². The van der Waals surface area contributed by atoms with Crippen LogP contribution in [0.25, 0.3) is 10.9 Å². The molecule has 1 atom stereocenters. The number of para-hydroxylation sites is 1. The minimum atomic E-state index is -0.548. The van der Waals surface area contributed by atoms with Crippen molar-refractivity contribution < 1.29 is 14.3 Å². The van der Waals surface area contributed by atoms with Crippen LogP contribution in [-0.4, -0.2) is 29.7 Å². The molecule has 7 nitrogen and oxygen atoms in total. The number of fused-ring (bicyclic) bond motifs is 2. The summed E-state index contributed by atoms with van der Waals surface area (Å²) in [4.78, 5) is 26.9. The SMILES string of the molecule is CNC(=O)OC1CC(=O)N(Cc2cc3cc(Cl)ccc3n2CCCC#N)c2ccccc2C1. The first-order valence-electron chi connectivity index (χ1n) is 10.9. The van der Waals surface area contributed by atoms with Crippen molar-refractivity contribution >= 4 is 40.2 Å². The zero-order valence-corrected chi connectivity index (χ0v) is 19.1. The molecule has 1 N–H and O–H groups in total. The van der Waals surface area contributed by atoms with Gasteiger partial charge in [-0.15, -0.1) is 0 Å². The number of benzene rings is 2. The fourth-order valence-electron chi connectivity index (χ4n) is 4.34. The highest BCUT2D eigenvalue weighted by molar-refractivity contribution is 6.31. The van der Waals surface area contributed by atoms with E-state index in [4.69, 9.17) is 21.6 Å². The Balaban J connectivity index is 1.70. The van der Waals surface area contributed by atoms with Crippen molar-refractivity contribution in [3.63, 3.8) is 0 Å². The molecule has 0 bridgehead atoms. The Morgan fingerprint density at radius 3 is 2.85 bits per heavy atom. The van der Waals surface area contributed by atoms with Gasteiger partial charge in [0, 0.05) is 53.7 Å². The van der Waals surface area contributed by atoms with Crippen molar-refractivity contribution in [3.8, 4) is 6.07 Å². The predicted molar refractivity (Wildman–Crippen MR) is 127 cm³/mol. The number of aromatic nitrogens is 1. The number of nitrogens with one attached hydrogen (secondary N) is 1. The van der Waals surface area contributed by atoms with E-state index in [2.05, 4.69) is 16.0 Å². The summed E-state index contributed by atoms with van der Waals surface area (Å²) in [6.45, 7) is 1.03. The van der Waals surface area contributed by atoms with Gasteiger partial charge in [0.2, 0.25) is 5.91 Å². The normalized spacial score (nSPS) is 15.6. The summed E-state index contributed by atoms with van der Waals surface area (Å²) < 4.78 is 7.60. The first-order chi connectivity index (χ1) is 16.0. The molecule has 1 aromatic heterocycles. The molecule has 8 heteroatoms. The van der Waals surface area contributed by atoms with E-state index in [0.717, 1.165) is 27.8 Å². The predicted octanol–water partition coefficient (Wildman–Crippen LogP) is 4.80. The first-order valence-corrected chi connectivity index (χ1v) is 11.3. The Morgan fingerprint density at radius 1 is 1.24 bits per heavy atom. The maximum Gasteiger partial charge on any atom is 0.407 e. The molecule has 0 saturated carbocycles. The first kappa shape index (κ1) is 22.7. The highest BCUT2D eigenvalue weighted by atomic mass is 35.5. The molecule has 1 aliphatic rings. The van der Waals surface area contributed by atoms with Crippen molar-refractivity contribution in [1.82, 2.24) is 9.88 Å². The van der Waals surface area contributed by atoms with Gasteiger partial charge in [-0.1, -0.05) is 29.8 Å². The zero-order chi connectivity index (χ0) is 23.4. The van der Waals surface area contributed by atoms with Crippen molar-refractivity contribution in [2.24, 2.45) is 0 Å². The molecule has 33 heavy (non-hydrogen) atoms. The third kappa shape index (κ3) is 4.96. The molecular weight excluding hydrogens is 440 g/mol. The summed E-state index contributed by atoms with van der Waals surface area (Å²) in [6, 6.07) is 17.7. The molecule has 0 saturated heterocycles. The molecule has 4 rings (SSSR count). The van der Waals surface area contributed by atoms with Crippen LogP contribution in [0.15, 0.2) is 48.5 Å². The van der Waals surface area contributed by atoms with E-state index in [1.807, 2.05) is 48.5 Å². The summed E-state index contributed by atoms with van der Waals surface area (Å²) in [6.07, 6.45) is 0.645. The average Bonchev–Trinajstić information content (AvgIpc) is 3.07. The van der Waals surface area contributed by atoms with E-state index in [-0.39, 0.29) is 12.3 Å². The number of amides is 2. The van der Waals surface area contributed by atoms with E-state index < -0.39 is 12.2 Å². The van der Waals surface area contributed by atoms with Gasteiger partial charge in [0.05, 0.1) is 19.0 Å². The number of unbranched alkanes of at least 4 members (excludes halogenated alkanes) is 1. The Hall–Kier alpha value is -3.50. The Morgan fingerprint density at radius 2 is 2.06 bits per heavy atom. The lowest BCUT2D eigenvalue weighted by atomic mass is 10.1. The van der Waals surface area contributed by atoms with Crippen molar-refractivity contribution in [2.75, 3.05) is 11.9 Å². The largest absolute Gasteiger partial charge is 0.445 e. The van der Waals surface area contributed by atoms with E-state index >= 15 is 0 Å². The Labute approximate surface area is 197 Å². The summed E-state index contributed by atoms with van der Waals surface area (Å²) in [5.74, 6) is -0.110. The molecule has 2 aromatic carbocycles. The van der Waals surface area contributed by atoms with E-state index in [9.17, 15) is 9.59 Å². The molecule has 170 valence electrons. The number of nitrogens with zero attached hydrogens (tertiary/aromatic N) is 3. The van der Waals surface area contributed by atoms with Crippen LogP contribution in [0.1, 0.15) is 30.5 Å². The second kappa shape index (κ2) is 9.97. The number of hydrogen-bond donors (Lipinski definition) is 1. The third-order valence-corrected chi connectivity index (χ3v) is 6.09. The summed E-state index contributed by atoms with van der Waals surface area (Å²) in [7, 11) is 1.50. The number of ether oxygens (including phenoxy) is 1. The number of aryl methyl sites for hydroxylation is 1. The number of carbonyl (C=O) groups is 2.